The number of aliphatic hydroxyl groups is 1. The number of amides is 1. The minimum absolute atomic E-state index is 0. The Balaban J connectivity index is 0.00000200. The van der Waals surface area contributed by atoms with E-state index < -0.39 is 6.10 Å². The Morgan fingerprint density at radius 1 is 1.60 bits per heavy atom. The summed E-state index contributed by atoms with van der Waals surface area (Å²) < 4.78 is 5.10. The number of ether oxygens (including phenoxy) is 1. The molecule has 112 valence electrons. The molecule has 1 heterocycles. The van der Waals surface area contributed by atoms with Crippen molar-refractivity contribution < 1.29 is 14.6 Å². The van der Waals surface area contributed by atoms with E-state index in [4.69, 9.17) is 4.74 Å². The minimum atomic E-state index is -0.722. The van der Waals surface area contributed by atoms with Gasteiger partial charge in [-0.1, -0.05) is 12.1 Å². The number of hydrogen-bond donors (Lipinski definition) is 3. The van der Waals surface area contributed by atoms with Gasteiger partial charge in [0.25, 0.3) is 0 Å². The normalized spacial score (nSPS) is 19.0. The van der Waals surface area contributed by atoms with Crippen LogP contribution in [-0.2, 0) is 4.79 Å². The molecule has 2 rings (SSSR count). The molecule has 6 heteroatoms. The van der Waals surface area contributed by atoms with Crippen molar-refractivity contribution in [3.63, 3.8) is 0 Å². The number of nitrogens with one attached hydrogen (secondary N) is 2. The second-order valence-corrected chi connectivity index (χ2v) is 4.69. The zero-order valence-electron chi connectivity index (χ0n) is 11.5. The maximum atomic E-state index is 11.8. The average Bonchev–Trinajstić information content (AvgIpc) is 2.98. The third-order valence-electron chi connectivity index (χ3n) is 3.33. The molecule has 1 aromatic rings. The van der Waals surface area contributed by atoms with E-state index >= 15 is 0 Å². The molecule has 0 spiro atoms. The average molecular weight is 301 g/mol. The van der Waals surface area contributed by atoms with Crippen molar-refractivity contribution in [2.45, 2.75) is 25.0 Å². The van der Waals surface area contributed by atoms with Crippen molar-refractivity contribution >= 4 is 18.3 Å². The van der Waals surface area contributed by atoms with Gasteiger partial charge in [0.2, 0.25) is 5.91 Å². The van der Waals surface area contributed by atoms with Gasteiger partial charge in [-0.15, -0.1) is 12.4 Å². The number of halogens is 1. The zero-order chi connectivity index (χ0) is 13.7. The third-order valence-corrected chi connectivity index (χ3v) is 3.33. The lowest BCUT2D eigenvalue weighted by Crippen LogP contribution is -2.41. The maximum Gasteiger partial charge on any atom is 0.237 e. The van der Waals surface area contributed by atoms with Gasteiger partial charge >= 0.3 is 0 Å². The van der Waals surface area contributed by atoms with E-state index in [0.717, 1.165) is 24.9 Å². The molecule has 0 saturated carbocycles. The molecule has 2 unspecified atom stereocenters. The van der Waals surface area contributed by atoms with Gasteiger partial charge in [-0.2, -0.15) is 0 Å². The fourth-order valence-electron chi connectivity index (χ4n) is 2.20. The molecule has 2 atom stereocenters. The standard InChI is InChI=1S/C14H20N2O3.ClH/c1-19-11-5-2-4-10(8-11)13(17)9-16-14(18)12-6-3-7-15-12;/h2,4-5,8,12-13,15,17H,3,6-7,9H2,1H3,(H,16,18);1H. The number of hydrogen-bond acceptors (Lipinski definition) is 4. The molecular formula is C14H21ClN2O3. The Labute approximate surface area is 125 Å². The van der Waals surface area contributed by atoms with E-state index in [9.17, 15) is 9.90 Å². The summed E-state index contributed by atoms with van der Waals surface area (Å²) in [6.07, 6.45) is 1.16. The van der Waals surface area contributed by atoms with Gasteiger partial charge in [-0.25, -0.2) is 0 Å². The highest BCUT2D eigenvalue weighted by Gasteiger charge is 2.22. The summed E-state index contributed by atoms with van der Waals surface area (Å²) in [5, 5.41) is 15.9. The molecule has 1 saturated heterocycles. The van der Waals surface area contributed by atoms with Crippen LogP contribution in [0.5, 0.6) is 5.75 Å². The highest BCUT2D eigenvalue weighted by Crippen LogP contribution is 2.18. The summed E-state index contributed by atoms with van der Waals surface area (Å²) in [5.41, 5.74) is 0.735. The topological polar surface area (TPSA) is 70.6 Å². The first-order chi connectivity index (χ1) is 9.20. The van der Waals surface area contributed by atoms with Gasteiger partial charge in [-0.3, -0.25) is 4.79 Å². The molecule has 3 N–H and O–H groups in total. The summed E-state index contributed by atoms with van der Waals surface area (Å²) in [6, 6.07) is 7.10. The van der Waals surface area contributed by atoms with E-state index in [-0.39, 0.29) is 30.9 Å². The molecular weight excluding hydrogens is 280 g/mol. The third kappa shape index (κ3) is 4.37. The Morgan fingerprint density at radius 3 is 3.05 bits per heavy atom. The van der Waals surface area contributed by atoms with Gasteiger partial charge < -0.3 is 20.5 Å². The number of rotatable bonds is 5. The van der Waals surface area contributed by atoms with E-state index in [1.54, 1.807) is 13.2 Å². The first-order valence-electron chi connectivity index (χ1n) is 6.54. The summed E-state index contributed by atoms with van der Waals surface area (Å²) >= 11 is 0. The van der Waals surface area contributed by atoms with Crippen molar-refractivity contribution in [1.82, 2.24) is 10.6 Å². The van der Waals surface area contributed by atoms with Gasteiger partial charge in [-0.05, 0) is 37.1 Å². The molecule has 0 aromatic heterocycles. The van der Waals surface area contributed by atoms with Crippen LogP contribution in [0.2, 0.25) is 0 Å². The van der Waals surface area contributed by atoms with Crippen molar-refractivity contribution in [2.75, 3.05) is 20.2 Å². The molecule has 1 aliphatic heterocycles. The van der Waals surface area contributed by atoms with E-state index in [1.807, 2.05) is 18.2 Å². The summed E-state index contributed by atoms with van der Waals surface area (Å²) in [6.45, 7) is 1.10. The first kappa shape index (κ1) is 16.8. The second-order valence-electron chi connectivity index (χ2n) is 4.69. The molecule has 0 aliphatic carbocycles. The Bertz CT molecular complexity index is 436. The highest BCUT2D eigenvalue weighted by molar-refractivity contribution is 5.85. The number of carbonyl (C=O) groups excluding carboxylic acids is 1. The second kappa shape index (κ2) is 8.09. The van der Waals surface area contributed by atoms with E-state index in [1.165, 1.54) is 0 Å². The van der Waals surface area contributed by atoms with E-state index in [0.29, 0.717) is 5.75 Å². The number of methoxy groups -OCH3 is 1. The molecule has 1 amide bonds. The number of carbonyl (C=O) groups is 1. The van der Waals surface area contributed by atoms with Crippen molar-refractivity contribution in [1.29, 1.82) is 0 Å². The Hall–Kier alpha value is -1.30. The van der Waals surface area contributed by atoms with Gasteiger partial charge in [0.1, 0.15) is 5.75 Å². The van der Waals surface area contributed by atoms with Gasteiger partial charge in [0.05, 0.1) is 19.3 Å². The SMILES string of the molecule is COc1cccc(C(O)CNC(=O)C2CCCN2)c1.Cl. The van der Waals surface area contributed by atoms with Gasteiger partial charge in [0, 0.05) is 6.54 Å². The fourth-order valence-corrected chi connectivity index (χ4v) is 2.20. The monoisotopic (exact) mass is 300 g/mol. The first-order valence-corrected chi connectivity index (χ1v) is 6.54. The molecule has 0 bridgehead atoms. The quantitative estimate of drug-likeness (QED) is 0.759. The fraction of sp³-hybridized carbons (Fsp3) is 0.500. The van der Waals surface area contributed by atoms with Crippen LogP contribution in [0.4, 0.5) is 0 Å². The minimum Gasteiger partial charge on any atom is -0.497 e. The van der Waals surface area contributed by atoms with Crippen molar-refractivity contribution in [3.8, 4) is 5.75 Å². The molecule has 1 aliphatic rings. The predicted octanol–water partition coefficient (Wildman–Crippen LogP) is 1.02. The van der Waals surface area contributed by atoms with Gasteiger partial charge in [0.15, 0.2) is 0 Å². The van der Waals surface area contributed by atoms with Crippen molar-refractivity contribution in [2.24, 2.45) is 0 Å². The lowest BCUT2D eigenvalue weighted by Gasteiger charge is -2.15. The molecule has 0 radical (unpaired) electrons. The van der Waals surface area contributed by atoms with Crippen LogP contribution >= 0.6 is 12.4 Å². The number of benzene rings is 1. The van der Waals surface area contributed by atoms with Crippen LogP contribution in [-0.4, -0.2) is 37.3 Å². The van der Waals surface area contributed by atoms with Crippen molar-refractivity contribution in [3.05, 3.63) is 29.8 Å². The Kier molecular flexibility index (Phi) is 6.78. The summed E-state index contributed by atoms with van der Waals surface area (Å²) in [5.74, 6) is 0.653. The maximum absolute atomic E-state index is 11.8. The molecule has 5 nitrogen and oxygen atoms in total. The largest absolute Gasteiger partial charge is 0.497 e. The molecule has 1 aromatic carbocycles. The van der Waals surface area contributed by atoms with Crippen LogP contribution in [0.3, 0.4) is 0 Å². The van der Waals surface area contributed by atoms with Crippen LogP contribution < -0.4 is 15.4 Å². The van der Waals surface area contributed by atoms with Crippen LogP contribution in [0.1, 0.15) is 24.5 Å². The lowest BCUT2D eigenvalue weighted by atomic mass is 10.1. The Morgan fingerprint density at radius 2 is 2.40 bits per heavy atom. The molecule has 1 fully saturated rings. The van der Waals surface area contributed by atoms with Crippen LogP contribution in [0.15, 0.2) is 24.3 Å². The highest BCUT2D eigenvalue weighted by atomic mass is 35.5. The summed E-state index contributed by atoms with van der Waals surface area (Å²) in [7, 11) is 1.58. The van der Waals surface area contributed by atoms with E-state index in [2.05, 4.69) is 10.6 Å². The smallest absolute Gasteiger partial charge is 0.237 e. The zero-order valence-corrected chi connectivity index (χ0v) is 12.3. The number of aliphatic hydroxyl groups excluding tert-OH is 1. The lowest BCUT2D eigenvalue weighted by molar-refractivity contribution is -0.123. The summed E-state index contributed by atoms with van der Waals surface area (Å²) in [4.78, 5) is 11.8. The molecule has 20 heavy (non-hydrogen) atoms. The van der Waals surface area contributed by atoms with Crippen LogP contribution in [0.25, 0.3) is 0 Å². The predicted molar refractivity (Wildman–Crippen MR) is 79.2 cm³/mol. The van der Waals surface area contributed by atoms with Crippen LogP contribution in [0, 0.1) is 0 Å².